The highest BCUT2D eigenvalue weighted by Gasteiger charge is 2.34. The lowest BCUT2D eigenvalue weighted by Crippen LogP contribution is -2.16. The molecule has 2 fully saturated rings. The highest BCUT2D eigenvalue weighted by molar-refractivity contribution is 5.82. The fourth-order valence-corrected chi connectivity index (χ4v) is 2.50. The zero-order valence-corrected chi connectivity index (χ0v) is 12.0. The second kappa shape index (κ2) is 4.93. The molecule has 2 amide bonds. The third kappa shape index (κ3) is 2.84. The molecule has 2 saturated heterocycles. The van der Waals surface area contributed by atoms with Crippen LogP contribution in [0.5, 0.6) is 0 Å². The number of carbonyl (C=O) groups excluding carboxylic acids is 2. The summed E-state index contributed by atoms with van der Waals surface area (Å²) in [6, 6.07) is 8.66. The lowest BCUT2D eigenvalue weighted by atomic mass is 10.1. The van der Waals surface area contributed by atoms with Crippen LogP contribution in [-0.2, 0) is 22.4 Å². The average molecular weight is 272 g/mol. The summed E-state index contributed by atoms with van der Waals surface area (Å²) in [4.78, 5) is 27.4. The van der Waals surface area contributed by atoms with Crippen molar-refractivity contribution in [3.05, 3.63) is 35.4 Å². The van der Waals surface area contributed by atoms with Gasteiger partial charge in [-0.1, -0.05) is 24.3 Å². The van der Waals surface area contributed by atoms with E-state index in [0.29, 0.717) is 24.9 Å². The van der Waals surface area contributed by atoms with Crippen molar-refractivity contribution in [2.75, 3.05) is 13.1 Å². The highest BCUT2D eigenvalue weighted by Crippen LogP contribution is 2.20. The van der Waals surface area contributed by atoms with Gasteiger partial charge in [0, 0.05) is 25.2 Å². The fraction of sp³-hybridized carbons (Fsp3) is 0.500. The van der Waals surface area contributed by atoms with Crippen LogP contribution in [0, 0.1) is 0 Å². The average Bonchev–Trinajstić information content (AvgIpc) is 3.30. The van der Waals surface area contributed by atoms with Gasteiger partial charge in [0.1, 0.15) is 0 Å². The molecule has 20 heavy (non-hydrogen) atoms. The Hall–Kier alpha value is -1.84. The summed E-state index contributed by atoms with van der Waals surface area (Å²) in [5.74, 6) is 0.387. The van der Waals surface area contributed by atoms with Crippen LogP contribution >= 0.6 is 0 Å². The van der Waals surface area contributed by atoms with Crippen molar-refractivity contribution >= 4 is 11.8 Å². The molecule has 0 radical (unpaired) electrons. The Balaban J connectivity index is 1.54. The van der Waals surface area contributed by atoms with Crippen LogP contribution in [0.2, 0.25) is 0 Å². The molecule has 0 N–H and O–H groups in total. The largest absolute Gasteiger partial charge is 0.336 e. The maximum atomic E-state index is 11.8. The molecule has 3 rings (SSSR count). The number of rotatable bonds is 4. The van der Waals surface area contributed by atoms with Gasteiger partial charge in [0.15, 0.2) is 0 Å². The zero-order chi connectivity index (χ0) is 14.3. The minimum Gasteiger partial charge on any atom is -0.336 e. The smallest absolute Gasteiger partial charge is 0.227 e. The van der Waals surface area contributed by atoms with E-state index in [1.165, 1.54) is 0 Å². The van der Waals surface area contributed by atoms with Crippen LogP contribution in [0.3, 0.4) is 0 Å². The van der Waals surface area contributed by atoms with Crippen LogP contribution in [0.15, 0.2) is 24.3 Å². The standard InChI is InChI=1S/C16H20N2O2/c1-11-9-17(11)15(19)7-13-3-5-14(6-4-13)8-16(20)18-10-12(18)2/h3-6,11-12H,7-10H2,1-2H3/t11-,12-,17?,18?/m0/s1. The van der Waals surface area contributed by atoms with Gasteiger partial charge in [0.25, 0.3) is 0 Å². The summed E-state index contributed by atoms with van der Waals surface area (Å²) in [6.45, 7) is 5.89. The summed E-state index contributed by atoms with van der Waals surface area (Å²) >= 11 is 0. The lowest BCUT2D eigenvalue weighted by Gasteiger charge is -2.06. The Bertz CT molecular complexity index is 489. The zero-order valence-electron chi connectivity index (χ0n) is 12.0. The first-order valence-electron chi connectivity index (χ1n) is 7.21. The Labute approximate surface area is 119 Å². The Morgan fingerprint density at radius 1 is 0.900 bits per heavy atom. The molecule has 0 saturated carbocycles. The van der Waals surface area contributed by atoms with Gasteiger partial charge < -0.3 is 9.80 Å². The normalized spacial score (nSPS) is 23.7. The first-order chi connectivity index (χ1) is 9.54. The molecule has 1 aromatic carbocycles. The molecule has 2 heterocycles. The number of benzene rings is 1. The highest BCUT2D eigenvalue weighted by atomic mass is 16.2. The SMILES string of the molecule is C[C@H]1CN1C(=O)Cc1ccc(CC(=O)N2C[C@@H]2C)cc1. The number of hydrogen-bond acceptors (Lipinski definition) is 2. The predicted molar refractivity (Wildman–Crippen MR) is 76.2 cm³/mol. The third-order valence-corrected chi connectivity index (χ3v) is 4.09. The third-order valence-electron chi connectivity index (χ3n) is 4.09. The van der Waals surface area contributed by atoms with Crippen molar-refractivity contribution in [3.63, 3.8) is 0 Å². The lowest BCUT2D eigenvalue weighted by molar-refractivity contribution is -0.126. The van der Waals surface area contributed by atoms with Crippen molar-refractivity contribution < 1.29 is 9.59 Å². The van der Waals surface area contributed by atoms with E-state index in [1.54, 1.807) is 0 Å². The molecule has 2 atom stereocenters. The summed E-state index contributed by atoms with van der Waals surface area (Å²) in [7, 11) is 0. The molecule has 2 aliphatic rings. The second-order valence-electron chi connectivity index (χ2n) is 5.96. The molecule has 106 valence electrons. The van der Waals surface area contributed by atoms with Gasteiger partial charge in [-0.2, -0.15) is 0 Å². The molecule has 0 unspecified atom stereocenters. The molecule has 0 spiro atoms. The molecule has 0 aromatic heterocycles. The van der Waals surface area contributed by atoms with E-state index >= 15 is 0 Å². The van der Waals surface area contributed by atoms with Crippen molar-refractivity contribution in [1.29, 1.82) is 0 Å². The predicted octanol–water partition coefficient (Wildman–Crippen LogP) is 1.23. The molecule has 4 nitrogen and oxygen atoms in total. The van der Waals surface area contributed by atoms with Crippen LogP contribution in [-0.4, -0.2) is 46.8 Å². The number of carbonyl (C=O) groups is 2. The molecule has 4 heteroatoms. The number of hydrogen-bond donors (Lipinski definition) is 0. The molecule has 0 aliphatic carbocycles. The van der Waals surface area contributed by atoms with Crippen LogP contribution in [0.1, 0.15) is 25.0 Å². The first-order valence-corrected chi connectivity index (χ1v) is 7.21. The van der Waals surface area contributed by atoms with E-state index in [0.717, 1.165) is 24.2 Å². The minimum atomic E-state index is 0.194. The van der Waals surface area contributed by atoms with E-state index in [-0.39, 0.29) is 11.8 Å². The van der Waals surface area contributed by atoms with Crippen LogP contribution in [0.4, 0.5) is 0 Å². The van der Waals surface area contributed by atoms with Gasteiger partial charge in [-0.3, -0.25) is 9.59 Å². The van der Waals surface area contributed by atoms with Gasteiger partial charge in [-0.05, 0) is 25.0 Å². The summed E-state index contributed by atoms with van der Waals surface area (Å²) in [6.07, 6.45) is 0.920. The minimum absolute atomic E-state index is 0.194. The van der Waals surface area contributed by atoms with E-state index < -0.39 is 0 Å². The molecular weight excluding hydrogens is 252 g/mol. The van der Waals surface area contributed by atoms with Crippen molar-refractivity contribution in [2.45, 2.75) is 38.8 Å². The second-order valence-corrected chi connectivity index (χ2v) is 5.96. The molecule has 0 bridgehead atoms. The maximum Gasteiger partial charge on any atom is 0.227 e. The summed E-state index contributed by atoms with van der Waals surface area (Å²) in [5.41, 5.74) is 2.04. The quantitative estimate of drug-likeness (QED) is 0.774. The van der Waals surface area contributed by atoms with Gasteiger partial charge in [-0.25, -0.2) is 0 Å². The van der Waals surface area contributed by atoms with E-state index in [2.05, 4.69) is 13.8 Å². The Morgan fingerprint density at radius 2 is 1.20 bits per heavy atom. The molecule has 1 aromatic rings. The Kier molecular flexibility index (Phi) is 3.24. The fourth-order valence-electron chi connectivity index (χ4n) is 2.50. The topological polar surface area (TPSA) is 40.2 Å². The van der Waals surface area contributed by atoms with E-state index in [9.17, 15) is 9.59 Å². The van der Waals surface area contributed by atoms with Crippen molar-refractivity contribution in [1.82, 2.24) is 9.80 Å². The van der Waals surface area contributed by atoms with Crippen molar-refractivity contribution in [3.8, 4) is 0 Å². The van der Waals surface area contributed by atoms with Gasteiger partial charge in [-0.15, -0.1) is 0 Å². The summed E-state index contributed by atoms with van der Waals surface area (Å²) < 4.78 is 0. The first kappa shape index (κ1) is 13.2. The molecular formula is C16H20N2O2. The van der Waals surface area contributed by atoms with Crippen LogP contribution < -0.4 is 0 Å². The Morgan fingerprint density at radius 3 is 1.45 bits per heavy atom. The number of amides is 2. The maximum absolute atomic E-state index is 11.8. The van der Waals surface area contributed by atoms with E-state index in [4.69, 9.17) is 0 Å². The van der Waals surface area contributed by atoms with Crippen LogP contribution in [0.25, 0.3) is 0 Å². The number of nitrogens with zero attached hydrogens (tertiary/aromatic N) is 2. The van der Waals surface area contributed by atoms with Gasteiger partial charge >= 0.3 is 0 Å². The van der Waals surface area contributed by atoms with E-state index in [1.807, 2.05) is 34.1 Å². The van der Waals surface area contributed by atoms with Crippen molar-refractivity contribution in [2.24, 2.45) is 0 Å². The van der Waals surface area contributed by atoms with Gasteiger partial charge in [0.05, 0.1) is 12.8 Å². The molecule has 2 aliphatic heterocycles. The van der Waals surface area contributed by atoms with Gasteiger partial charge in [0.2, 0.25) is 11.8 Å². The summed E-state index contributed by atoms with van der Waals surface area (Å²) in [5, 5.41) is 0. The monoisotopic (exact) mass is 272 g/mol.